The normalized spacial score (nSPS) is 23.5. The molecule has 0 saturated heterocycles. The summed E-state index contributed by atoms with van der Waals surface area (Å²) in [6.45, 7) is 2.30. The first kappa shape index (κ1) is 30.5. The number of fused-ring (bicyclic) bond motifs is 3. The molecular formula is C31H29F5IO5-. The van der Waals surface area contributed by atoms with Gasteiger partial charge in [0.2, 0.25) is 0 Å². The van der Waals surface area contributed by atoms with Crippen molar-refractivity contribution >= 4 is 5.97 Å². The van der Waals surface area contributed by atoms with E-state index in [-0.39, 0.29) is 54.1 Å². The number of carbonyl (C=O) groups is 1. The van der Waals surface area contributed by atoms with Crippen molar-refractivity contribution in [1.82, 2.24) is 0 Å². The van der Waals surface area contributed by atoms with E-state index in [1.165, 1.54) is 38.1 Å². The van der Waals surface area contributed by atoms with E-state index in [1.54, 1.807) is 0 Å². The van der Waals surface area contributed by atoms with E-state index in [0.717, 1.165) is 17.2 Å². The van der Waals surface area contributed by atoms with E-state index in [4.69, 9.17) is 9.47 Å². The number of aliphatic carboxylic acids is 1. The molecule has 0 amide bonds. The number of aliphatic hydroxyl groups is 1. The molecule has 2 aromatic carbocycles. The number of hydrogen-bond acceptors (Lipinski definition) is 4. The Morgan fingerprint density at radius 3 is 2.50 bits per heavy atom. The second-order valence-corrected chi connectivity index (χ2v) is 13.0. The maximum atomic E-state index is 14.9. The van der Waals surface area contributed by atoms with Crippen molar-refractivity contribution in [3.05, 3.63) is 84.5 Å². The van der Waals surface area contributed by atoms with Gasteiger partial charge >= 0.3 is 202 Å². The van der Waals surface area contributed by atoms with Crippen LogP contribution in [0.3, 0.4) is 0 Å². The van der Waals surface area contributed by atoms with Crippen molar-refractivity contribution in [3.8, 4) is 16.9 Å². The van der Waals surface area contributed by atoms with Gasteiger partial charge in [-0.15, -0.1) is 0 Å². The standard InChI is InChI=1S/C31H29F5IO5/c1-16(32)30(2,40)7-8-41-20-5-3-17(4-6-20)22-11-19(26(33)12-25(22)31(34,35)36)15-42-21-9-18-10-23-27(28(23)29(38)39)24(18)14-37-13-21/h3-6,9,11-14,16,23,27-28,40H,7-8,10,15H2,1-2H3,(H,38,39)/q-1/t16?,23-,27-,28+,30?/m1/s1. The van der Waals surface area contributed by atoms with Crippen LogP contribution in [0.1, 0.15) is 37.8 Å². The van der Waals surface area contributed by atoms with Gasteiger partial charge in [0.1, 0.15) is 6.17 Å². The summed E-state index contributed by atoms with van der Waals surface area (Å²) in [6.07, 6.45) is -3.80. The first-order chi connectivity index (χ1) is 19.8. The summed E-state index contributed by atoms with van der Waals surface area (Å²) < 4.78 is 85.4. The molecule has 226 valence electrons. The van der Waals surface area contributed by atoms with Crippen molar-refractivity contribution in [3.63, 3.8) is 0 Å². The molecule has 0 aromatic heterocycles. The van der Waals surface area contributed by atoms with Crippen LogP contribution < -0.4 is 25.9 Å². The second-order valence-electron chi connectivity index (χ2n) is 11.0. The molecular weight excluding hydrogens is 674 g/mol. The summed E-state index contributed by atoms with van der Waals surface area (Å²) in [7, 11) is 0. The molecule has 0 radical (unpaired) electrons. The van der Waals surface area contributed by atoms with Crippen LogP contribution in [0.5, 0.6) is 5.75 Å². The van der Waals surface area contributed by atoms with Crippen molar-refractivity contribution in [2.24, 2.45) is 17.8 Å². The third-order valence-electron chi connectivity index (χ3n) is 8.09. The van der Waals surface area contributed by atoms with Gasteiger partial charge in [-0.1, -0.05) is 0 Å². The number of hydrogen-bond donors (Lipinski definition) is 2. The van der Waals surface area contributed by atoms with E-state index in [2.05, 4.69) is 4.08 Å². The van der Waals surface area contributed by atoms with Crippen LogP contribution in [-0.4, -0.2) is 34.6 Å². The molecule has 5 rings (SSSR count). The van der Waals surface area contributed by atoms with Gasteiger partial charge in [0, 0.05) is 6.42 Å². The predicted molar refractivity (Wildman–Crippen MR) is 140 cm³/mol. The number of ether oxygens (including phenoxy) is 2. The Bertz CT molecular complexity index is 1460. The minimum absolute atomic E-state index is 0.000810. The Hall–Kier alpha value is -2.93. The first-order valence-electron chi connectivity index (χ1n) is 13.3. The van der Waals surface area contributed by atoms with Gasteiger partial charge in [0.15, 0.2) is 0 Å². The number of carboxylic acid groups (broad SMARTS) is 1. The summed E-state index contributed by atoms with van der Waals surface area (Å²) in [4.78, 5) is 11.4. The monoisotopic (exact) mass is 703 g/mol. The van der Waals surface area contributed by atoms with Crippen LogP contribution in [0.25, 0.3) is 11.1 Å². The topological polar surface area (TPSA) is 76.0 Å². The molecule has 1 aliphatic heterocycles. The molecule has 0 bridgehead atoms. The first-order valence-corrected chi connectivity index (χ1v) is 15.8. The Kier molecular flexibility index (Phi) is 8.45. The average Bonchev–Trinajstić information content (AvgIpc) is 3.58. The van der Waals surface area contributed by atoms with E-state index < -0.39 is 56.5 Å². The molecule has 2 unspecified atom stereocenters. The van der Waals surface area contributed by atoms with Crippen LogP contribution in [0.4, 0.5) is 22.0 Å². The van der Waals surface area contributed by atoms with E-state index >= 15 is 0 Å². The van der Waals surface area contributed by atoms with Gasteiger partial charge in [-0.25, -0.2) is 4.39 Å². The van der Waals surface area contributed by atoms with Gasteiger partial charge in [0.05, 0.1) is 12.2 Å². The molecule has 42 heavy (non-hydrogen) atoms. The van der Waals surface area contributed by atoms with Crippen molar-refractivity contribution in [2.75, 3.05) is 6.61 Å². The Morgan fingerprint density at radius 1 is 1.14 bits per heavy atom. The van der Waals surface area contributed by atoms with Crippen molar-refractivity contribution in [1.29, 1.82) is 0 Å². The minimum atomic E-state index is -4.81. The van der Waals surface area contributed by atoms with Crippen molar-refractivity contribution < 1.29 is 67.6 Å². The van der Waals surface area contributed by atoms with E-state index in [9.17, 15) is 37.0 Å². The van der Waals surface area contributed by atoms with Crippen LogP contribution in [0.2, 0.25) is 0 Å². The molecule has 1 heterocycles. The molecule has 2 aliphatic carbocycles. The zero-order valence-corrected chi connectivity index (χ0v) is 24.9. The number of benzene rings is 2. The summed E-state index contributed by atoms with van der Waals surface area (Å²) in [5.74, 6) is -1.23. The number of rotatable bonds is 10. The molecule has 2 saturated carbocycles. The summed E-state index contributed by atoms with van der Waals surface area (Å²) >= 11 is -0.581. The fraction of sp³-hybridized carbons (Fsp3) is 0.387. The average molecular weight is 703 g/mol. The molecule has 2 aromatic rings. The van der Waals surface area contributed by atoms with Crippen LogP contribution in [-0.2, 0) is 22.3 Å². The van der Waals surface area contributed by atoms with Gasteiger partial charge in [-0.05, 0) is 13.8 Å². The maximum absolute atomic E-state index is 14.9. The van der Waals surface area contributed by atoms with Crippen molar-refractivity contribution in [2.45, 2.75) is 51.2 Å². The van der Waals surface area contributed by atoms with Gasteiger partial charge in [-0.2, -0.15) is 0 Å². The Labute approximate surface area is 250 Å². The second kappa shape index (κ2) is 11.6. The number of carboxylic acids is 1. The van der Waals surface area contributed by atoms with E-state index in [1.807, 2.05) is 10.2 Å². The zero-order valence-electron chi connectivity index (χ0n) is 22.7. The Balaban J connectivity index is 1.30. The molecule has 3 aliphatic rings. The summed E-state index contributed by atoms with van der Waals surface area (Å²) in [5.41, 5.74) is -0.719. The summed E-state index contributed by atoms with van der Waals surface area (Å²) in [5, 5.41) is 19.4. The fourth-order valence-electron chi connectivity index (χ4n) is 5.37. The number of allylic oxidation sites excluding steroid dienone is 3. The van der Waals surface area contributed by atoms with Crippen LogP contribution in [0.15, 0.2) is 67.5 Å². The molecule has 0 spiro atoms. The molecule has 2 fully saturated rings. The Morgan fingerprint density at radius 2 is 1.86 bits per heavy atom. The number of halogens is 6. The third kappa shape index (κ3) is 6.36. The predicted octanol–water partition coefficient (Wildman–Crippen LogP) is 4.01. The SMILES string of the molecule is CC(F)C(C)(O)CCOc1ccc(-c2cc(COC3=C[I-]C=C4C(=C3)C[C@H]3[C@H](C(=O)O)[C@@H]43)c(F)cc2C(F)(F)F)cc1. The molecule has 5 nitrogen and oxygen atoms in total. The number of alkyl halides is 4. The van der Waals surface area contributed by atoms with Crippen LogP contribution >= 0.6 is 0 Å². The molecule has 5 atom stereocenters. The third-order valence-corrected chi connectivity index (χ3v) is 10.1. The molecule has 11 heteroatoms. The van der Waals surface area contributed by atoms with Gasteiger partial charge in [-0.3, -0.25) is 0 Å². The van der Waals surface area contributed by atoms with E-state index in [0.29, 0.717) is 24.0 Å². The summed E-state index contributed by atoms with van der Waals surface area (Å²) in [6, 6.07) is 7.37. The van der Waals surface area contributed by atoms with Gasteiger partial charge < -0.3 is 5.11 Å². The van der Waals surface area contributed by atoms with Crippen LogP contribution in [0, 0.1) is 23.6 Å². The molecule has 2 N–H and O–H groups in total. The fourth-order valence-corrected chi connectivity index (χ4v) is 7.46. The zero-order chi connectivity index (χ0) is 30.4. The van der Waals surface area contributed by atoms with Gasteiger partial charge in [0.25, 0.3) is 0 Å². The quantitative estimate of drug-likeness (QED) is 0.289.